The maximum absolute atomic E-state index is 12.7. The van der Waals surface area contributed by atoms with Crippen LogP contribution >= 0.6 is 0 Å². The molecule has 3 rings (SSSR count). The quantitative estimate of drug-likeness (QED) is 0.917. The molecule has 1 aliphatic rings. The Bertz CT molecular complexity index is 742. The zero-order valence-corrected chi connectivity index (χ0v) is 13.6. The van der Waals surface area contributed by atoms with E-state index in [0.29, 0.717) is 19.1 Å². The first-order chi connectivity index (χ1) is 10.6. The standard InChI is InChI=1S/C19H24N2O/c1-4-21-18(17-11-13(2)5-6-14(17)3)10-7-15(19(21)22)12-20-16-8-9-16/h5-7,10-11,16,20H,4,8-9,12H2,1-3H3. The van der Waals surface area contributed by atoms with Gasteiger partial charge in [0.2, 0.25) is 0 Å². The SMILES string of the molecule is CCn1c(-c2cc(C)ccc2C)ccc(CNC2CC2)c1=O. The second-order valence-corrected chi connectivity index (χ2v) is 6.27. The lowest BCUT2D eigenvalue weighted by molar-refractivity contribution is 0.660. The van der Waals surface area contributed by atoms with E-state index in [1.165, 1.54) is 24.0 Å². The minimum Gasteiger partial charge on any atom is -0.310 e. The molecule has 1 aromatic heterocycles. The van der Waals surface area contributed by atoms with E-state index in [-0.39, 0.29) is 5.56 Å². The molecule has 1 fully saturated rings. The zero-order chi connectivity index (χ0) is 15.7. The van der Waals surface area contributed by atoms with Gasteiger partial charge in [0.05, 0.1) is 5.69 Å². The number of aromatic nitrogens is 1. The number of nitrogens with zero attached hydrogens (tertiary/aromatic N) is 1. The summed E-state index contributed by atoms with van der Waals surface area (Å²) in [4.78, 5) is 12.7. The summed E-state index contributed by atoms with van der Waals surface area (Å²) >= 11 is 0. The van der Waals surface area contributed by atoms with Crippen molar-refractivity contribution in [1.82, 2.24) is 9.88 Å². The lowest BCUT2D eigenvalue weighted by atomic mass is 10.0. The number of aryl methyl sites for hydroxylation is 2. The summed E-state index contributed by atoms with van der Waals surface area (Å²) in [6.45, 7) is 7.59. The molecule has 2 aromatic rings. The van der Waals surface area contributed by atoms with Gasteiger partial charge in [-0.15, -0.1) is 0 Å². The molecule has 1 aromatic carbocycles. The van der Waals surface area contributed by atoms with Gasteiger partial charge in [-0.2, -0.15) is 0 Å². The largest absolute Gasteiger partial charge is 0.310 e. The fourth-order valence-corrected chi connectivity index (χ4v) is 2.86. The fraction of sp³-hybridized carbons (Fsp3) is 0.421. The average Bonchev–Trinajstić information content (AvgIpc) is 3.32. The molecule has 0 aliphatic heterocycles. The van der Waals surface area contributed by atoms with E-state index in [9.17, 15) is 4.79 Å². The fourth-order valence-electron chi connectivity index (χ4n) is 2.86. The Kier molecular flexibility index (Phi) is 4.16. The third-order valence-electron chi connectivity index (χ3n) is 4.40. The van der Waals surface area contributed by atoms with E-state index in [0.717, 1.165) is 16.8 Å². The van der Waals surface area contributed by atoms with Crippen molar-refractivity contribution >= 4 is 0 Å². The van der Waals surface area contributed by atoms with Crippen LogP contribution < -0.4 is 10.9 Å². The van der Waals surface area contributed by atoms with Crippen LogP contribution in [0.15, 0.2) is 35.1 Å². The van der Waals surface area contributed by atoms with Gasteiger partial charge in [-0.25, -0.2) is 0 Å². The van der Waals surface area contributed by atoms with Crippen molar-refractivity contribution in [2.24, 2.45) is 0 Å². The Morgan fingerprint density at radius 2 is 1.95 bits per heavy atom. The van der Waals surface area contributed by atoms with Crippen LogP contribution in [0.4, 0.5) is 0 Å². The second kappa shape index (κ2) is 6.09. The number of benzene rings is 1. The number of pyridine rings is 1. The molecule has 1 heterocycles. The molecule has 0 unspecified atom stereocenters. The van der Waals surface area contributed by atoms with Crippen molar-refractivity contribution in [3.05, 3.63) is 57.4 Å². The van der Waals surface area contributed by atoms with Crippen LogP contribution in [0.25, 0.3) is 11.3 Å². The number of hydrogen-bond donors (Lipinski definition) is 1. The summed E-state index contributed by atoms with van der Waals surface area (Å²) in [7, 11) is 0. The Morgan fingerprint density at radius 3 is 2.64 bits per heavy atom. The first-order valence-electron chi connectivity index (χ1n) is 8.14. The van der Waals surface area contributed by atoms with E-state index < -0.39 is 0 Å². The summed E-state index contributed by atoms with van der Waals surface area (Å²) in [5.41, 5.74) is 5.59. The van der Waals surface area contributed by atoms with Crippen LogP contribution in [0, 0.1) is 13.8 Å². The molecule has 1 N–H and O–H groups in total. The molecule has 1 saturated carbocycles. The van der Waals surface area contributed by atoms with Gasteiger partial charge in [-0.05, 0) is 51.3 Å². The summed E-state index contributed by atoms with van der Waals surface area (Å²) in [5.74, 6) is 0. The number of rotatable bonds is 5. The van der Waals surface area contributed by atoms with Crippen molar-refractivity contribution in [2.75, 3.05) is 0 Å². The van der Waals surface area contributed by atoms with Crippen molar-refractivity contribution < 1.29 is 0 Å². The maximum Gasteiger partial charge on any atom is 0.255 e. The summed E-state index contributed by atoms with van der Waals surface area (Å²) < 4.78 is 1.89. The normalized spacial score (nSPS) is 14.3. The minimum absolute atomic E-state index is 0.133. The lowest BCUT2D eigenvalue weighted by Gasteiger charge is -2.15. The molecule has 116 valence electrons. The second-order valence-electron chi connectivity index (χ2n) is 6.27. The third kappa shape index (κ3) is 3.00. The van der Waals surface area contributed by atoms with E-state index in [2.05, 4.69) is 43.4 Å². The first kappa shape index (κ1) is 15.0. The van der Waals surface area contributed by atoms with E-state index in [1.807, 2.05) is 17.6 Å². The molecule has 3 heteroatoms. The van der Waals surface area contributed by atoms with Crippen molar-refractivity contribution in [3.63, 3.8) is 0 Å². The molecule has 0 amide bonds. The summed E-state index contributed by atoms with van der Waals surface area (Å²) in [5, 5.41) is 3.43. The Balaban J connectivity index is 2.02. The van der Waals surface area contributed by atoms with Gasteiger partial charge in [-0.1, -0.05) is 23.8 Å². The van der Waals surface area contributed by atoms with Crippen LogP contribution in [0.5, 0.6) is 0 Å². The van der Waals surface area contributed by atoms with E-state index >= 15 is 0 Å². The molecular weight excluding hydrogens is 272 g/mol. The van der Waals surface area contributed by atoms with Gasteiger partial charge in [0.15, 0.2) is 0 Å². The van der Waals surface area contributed by atoms with Gasteiger partial charge in [-0.3, -0.25) is 4.79 Å². The lowest BCUT2D eigenvalue weighted by Crippen LogP contribution is -2.28. The highest BCUT2D eigenvalue weighted by Gasteiger charge is 2.21. The molecule has 1 aliphatic carbocycles. The van der Waals surface area contributed by atoms with Gasteiger partial charge in [0.1, 0.15) is 0 Å². The number of nitrogens with one attached hydrogen (secondary N) is 1. The van der Waals surface area contributed by atoms with E-state index in [4.69, 9.17) is 0 Å². The molecule has 3 nitrogen and oxygen atoms in total. The Hall–Kier alpha value is -1.87. The van der Waals surface area contributed by atoms with Gasteiger partial charge in [0, 0.05) is 30.3 Å². The Labute approximate surface area is 132 Å². The highest BCUT2D eigenvalue weighted by Crippen LogP contribution is 2.24. The monoisotopic (exact) mass is 296 g/mol. The van der Waals surface area contributed by atoms with Gasteiger partial charge < -0.3 is 9.88 Å². The third-order valence-corrected chi connectivity index (χ3v) is 4.40. The smallest absolute Gasteiger partial charge is 0.255 e. The predicted octanol–water partition coefficient (Wildman–Crippen LogP) is 3.40. The summed E-state index contributed by atoms with van der Waals surface area (Å²) in [6, 6.07) is 11.1. The maximum atomic E-state index is 12.7. The Morgan fingerprint density at radius 1 is 1.18 bits per heavy atom. The van der Waals surface area contributed by atoms with Gasteiger partial charge in [0.25, 0.3) is 5.56 Å². The topological polar surface area (TPSA) is 34.0 Å². The zero-order valence-electron chi connectivity index (χ0n) is 13.6. The molecule has 0 spiro atoms. The molecule has 0 saturated heterocycles. The highest BCUT2D eigenvalue weighted by atomic mass is 16.1. The summed E-state index contributed by atoms with van der Waals surface area (Å²) in [6.07, 6.45) is 2.48. The van der Waals surface area contributed by atoms with Crippen LogP contribution in [-0.2, 0) is 13.1 Å². The molecule has 0 bridgehead atoms. The molecular formula is C19H24N2O. The average molecular weight is 296 g/mol. The molecule has 22 heavy (non-hydrogen) atoms. The van der Waals surface area contributed by atoms with Gasteiger partial charge >= 0.3 is 0 Å². The molecule has 0 atom stereocenters. The molecule has 0 radical (unpaired) electrons. The van der Waals surface area contributed by atoms with Crippen molar-refractivity contribution in [3.8, 4) is 11.3 Å². The van der Waals surface area contributed by atoms with Crippen LogP contribution in [-0.4, -0.2) is 10.6 Å². The van der Waals surface area contributed by atoms with Crippen LogP contribution in [0.1, 0.15) is 36.5 Å². The van der Waals surface area contributed by atoms with E-state index in [1.54, 1.807) is 0 Å². The van der Waals surface area contributed by atoms with Crippen LogP contribution in [0.2, 0.25) is 0 Å². The van der Waals surface area contributed by atoms with Crippen molar-refractivity contribution in [2.45, 2.75) is 52.7 Å². The minimum atomic E-state index is 0.133. The highest BCUT2D eigenvalue weighted by molar-refractivity contribution is 5.65. The predicted molar refractivity (Wildman–Crippen MR) is 91.1 cm³/mol. The first-order valence-corrected chi connectivity index (χ1v) is 8.14. The van der Waals surface area contributed by atoms with Crippen LogP contribution in [0.3, 0.4) is 0 Å². The number of hydrogen-bond acceptors (Lipinski definition) is 2. The van der Waals surface area contributed by atoms with Crippen molar-refractivity contribution in [1.29, 1.82) is 0 Å².